The van der Waals surface area contributed by atoms with Crippen LogP contribution in [0.15, 0.2) is 12.3 Å². The molecule has 66 valence electrons. The summed E-state index contributed by atoms with van der Waals surface area (Å²) in [5.74, 6) is -0.450. The van der Waals surface area contributed by atoms with Gasteiger partial charge in [0.15, 0.2) is 0 Å². The fraction of sp³-hybridized carbons (Fsp3) is 0.429. The standard InChI is InChI=1S/C7H8ClNO3/c1-12-6(10)5-3-2-4-9(5)7(8)11/h2,4-5H,3H2,1H3/t5-/m0/s1. The lowest BCUT2D eigenvalue weighted by atomic mass is 10.2. The molecule has 1 heterocycles. The van der Waals surface area contributed by atoms with Gasteiger partial charge in [-0.05, 0) is 18.0 Å². The number of esters is 1. The van der Waals surface area contributed by atoms with Crippen LogP contribution in [0.25, 0.3) is 0 Å². The van der Waals surface area contributed by atoms with Crippen LogP contribution in [0, 0.1) is 0 Å². The molecule has 0 aromatic carbocycles. The molecule has 0 bridgehead atoms. The second kappa shape index (κ2) is 3.58. The van der Waals surface area contributed by atoms with Gasteiger partial charge in [-0.2, -0.15) is 0 Å². The predicted octanol–water partition coefficient (Wildman–Crippen LogP) is 1.11. The van der Waals surface area contributed by atoms with Gasteiger partial charge in [0, 0.05) is 6.20 Å². The van der Waals surface area contributed by atoms with E-state index in [9.17, 15) is 9.59 Å². The van der Waals surface area contributed by atoms with Crippen molar-refractivity contribution in [1.29, 1.82) is 0 Å². The maximum Gasteiger partial charge on any atom is 0.329 e. The molecule has 1 atom stereocenters. The van der Waals surface area contributed by atoms with E-state index < -0.39 is 17.4 Å². The number of rotatable bonds is 1. The second-order valence-electron chi connectivity index (χ2n) is 2.32. The summed E-state index contributed by atoms with van der Waals surface area (Å²) in [4.78, 5) is 22.9. The van der Waals surface area contributed by atoms with E-state index in [0.717, 1.165) is 4.90 Å². The fourth-order valence-electron chi connectivity index (χ4n) is 1.05. The lowest BCUT2D eigenvalue weighted by Crippen LogP contribution is -2.36. The average Bonchev–Trinajstić information content (AvgIpc) is 2.50. The highest BCUT2D eigenvalue weighted by Gasteiger charge is 2.30. The van der Waals surface area contributed by atoms with Gasteiger partial charge >= 0.3 is 11.3 Å². The number of amides is 1. The molecule has 0 saturated carbocycles. The molecule has 12 heavy (non-hydrogen) atoms. The Morgan fingerprint density at radius 1 is 1.67 bits per heavy atom. The van der Waals surface area contributed by atoms with Crippen molar-refractivity contribution < 1.29 is 14.3 Å². The number of hydrogen-bond donors (Lipinski definition) is 0. The number of carbonyl (C=O) groups excluding carboxylic acids is 2. The normalized spacial score (nSPS) is 21.2. The van der Waals surface area contributed by atoms with Crippen LogP contribution in [0.4, 0.5) is 4.79 Å². The molecule has 0 unspecified atom stereocenters. The Balaban J connectivity index is 2.68. The first kappa shape index (κ1) is 9.06. The molecule has 4 nitrogen and oxygen atoms in total. The first-order chi connectivity index (χ1) is 5.66. The molecular weight excluding hydrogens is 182 g/mol. The highest BCUT2D eigenvalue weighted by molar-refractivity contribution is 6.63. The zero-order chi connectivity index (χ0) is 9.14. The number of ether oxygens (including phenoxy) is 1. The number of methoxy groups -OCH3 is 1. The van der Waals surface area contributed by atoms with Crippen molar-refractivity contribution in [1.82, 2.24) is 4.90 Å². The molecular formula is C7H8ClNO3. The molecule has 0 N–H and O–H groups in total. The Morgan fingerprint density at radius 2 is 2.33 bits per heavy atom. The summed E-state index contributed by atoms with van der Waals surface area (Å²) in [5, 5.41) is -0.667. The molecule has 5 heteroatoms. The summed E-state index contributed by atoms with van der Waals surface area (Å²) in [6, 6.07) is -0.583. The minimum atomic E-state index is -0.667. The van der Waals surface area contributed by atoms with Gasteiger partial charge in [0.1, 0.15) is 6.04 Å². The van der Waals surface area contributed by atoms with Crippen LogP contribution >= 0.6 is 11.6 Å². The lowest BCUT2D eigenvalue weighted by molar-refractivity contribution is -0.144. The van der Waals surface area contributed by atoms with Crippen LogP contribution in [0.3, 0.4) is 0 Å². The quantitative estimate of drug-likeness (QED) is 0.353. The maximum absolute atomic E-state index is 11.0. The molecule has 0 saturated heterocycles. The summed E-state index contributed by atoms with van der Waals surface area (Å²) in [6.45, 7) is 0. The summed E-state index contributed by atoms with van der Waals surface area (Å²) in [6.07, 6.45) is 3.64. The van der Waals surface area contributed by atoms with E-state index in [1.807, 2.05) is 0 Å². The van der Waals surface area contributed by atoms with E-state index in [-0.39, 0.29) is 0 Å². The number of nitrogens with zero attached hydrogens (tertiary/aromatic N) is 1. The maximum atomic E-state index is 11.0. The number of halogens is 1. The molecule has 0 spiro atoms. The van der Waals surface area contributed by atoms with Crippen molar-refractivity contribution in [3.05, 3.63) is 12.3 Å². The Bertz CT molecular complexity index is 239. The Kier molecular flexibility index (Phi) is 2.70. The molecule has 1 aliphatic rings. The Labute approximate surface area is 74.7 Å². The van der Waals surface area contributed by atoms with Crippen molar-refractivity contribution in [3.63, 3.8) is 0 Å². The molecule has 0 aliphatic carbocycles. The van der Waals surface area contributed by atoms with E-state index >= 15 is 0 Å². The van der Waals surface area contributed by atoms with E-state index in [0.29, 0.717) is 6.42 Å². The van der Waals surface area contributed by atoms with Crippen LogP contribution in [0.2, 0.25) is 0 Å². The van der Waals surface area contributed by atoms with E-state index in [2.05, 4.69) is 4.74 Å². The second-order valence-corrected chi connectivity index (χ2v) is 2.64. The van der Waals surface area contributed by atoms with Crippen molar-refractivity contribution in [2.75, 3.05) is 7.11 Å². The van der Waals surface area contributed by atoms with E-state index in [4.69, 9.17) is 11.6 Å². The third kappa shape index (κ3) is 1.58. The smallest absolute Gasteiger partial charge is 0.329 e. The molecule has 1 aliphatic heterocycles. The number of hydrogen-bond acceptors (Lipinski definition) is 3. The highest BCUT2D eigenvalue weighted by Crippen LogP contribution is 2.17. The third-order valence-electron chi connectivity index (χ3n) is 1.64. The lowest BCUT2D eigenvalue weighted by Gasteiger charge is -2.17. The van der Waals surface area contributed by atoms with Crippen molar-refractivity contribution >= 4 is 22.9 Å². The molecule has 1 rings (SSSR count). The summed E-state index contributed by atoms with van der Waals surface area (Å²) < 4.78 is 4.48. The summed E-state index contributed by atoms with van der Waals surface area (Å²) >= 11 is 5.21. The van der Waals surface area contributed by atoms with Crippen molar-refractivity contribution in [2.45, 2.75) is 12.5 Å². The van der Waals surface area contributed by atoms with Crippen LogP contribution < -0.4 is 0 Å². The fourth-order valence-corrected chi connectivity index (χ4v) is 1.22. The van der Waals surface area contributed by atoms with Crippen LogP contribution in [-0.4, -0.2) is 29.4 Å². The van der Waals surface area contributed by atoms with Crippen LogP contribution in [0.1, 0.15) is 6.42 Å². The van der Waals surface area contributed by atoms with Gasteiger partial charge in [0.25, 0.3) is 0 Å². The molecule has 0 aromatic heterocycles. The first-order valence-corrected chi connectivity index (χ1v) is 3.77. The molecule has 0 radical (unpaired) electrons. The van der Waals surface area contributed by atoms with Gasteiger partial charge in [0.2, 0.25) is 0 Å². The zero-order valence-electron chi connectivity index (χ0n) is 6.49. The predicted molar refractivity (Wildman–Crippen MR) is 42.6 cm³/mol. The van der Waals surface area contributed by atoms with Gasteiger partial charge in [-0.1, -0.05) is 6.08 Å². The largest absolute Gasteiger partial charge is 0.467 e. The summed E-state index contributed by atoms with van der Waals surface area (Å²) in [7, 11) is 1.28. The Morgan fingerprint density at radius 3 is 2.83 bits per heavy atom. The zero-order valence-corrected chi connectivity index (χ0v) is 7.25. The molecule has 1 amide bonds. The van der Waals surface area contributed by atoms with Crippen LogP contribution in [-0.2, 0) is 9.53 Å². The van der Waals surface area contributed by atoms with Gasteiger partial charge in [-0.15, -0.1) is 0 Å². The van der Waals surface area contributed by atoms with Crippen LogP contribution in [0.5, 0.6) is 0 Å². The average molecular weight is 190 g/mol. The van der Waals surface area contributed by atoms with Gasteiger partial charge in [0.05, 0.1) is 7.11 Å². The monoisotopic (exact) mass is 189 g/mol. The molecule has 0 fully saturated rings. The SMILES string of the molecule is COC(=O)[C@@H]1CC=CN1C(=O)Cl. The van der Waals surface area contributed by atoms with Crippen molar-refractivity contribution in [2.24, 2.45) is 0 Å². The highest BCUT2D eigenvalue weighted by atomic mass is 35.5. The van der Waals surface area contributed by atoms with E-state index in [1.165, 1.54) is 13.3 Å². The minimum Gasteiger partial charge on any atom is -0.467 e. The molecule has 0 aromatic rings. The van der Waals surface area contributed by atoms with Gasteiger partial charge in [-0.25, -0.2) is 4.79 Å². The number of carbonyl (C=O) groups is 2. The van der Waals surface area contributed by atoms with E-state index in [1.54, 1.807) is 6.08 Å². The Hall–Kier alpha value is -1.03. The van der Waals surface area contributed by atoms with Gasteiger partial charge < -0.3 is 4.74 Å². The third-order valence-corrected chi connectivity index (χ3v) is 1.83. The first-order valence-electron chi connectivity index (χ1n) is 3.39. The van der Waals surface area contributed by atoms with Crippen molar-refractivity contribution in [3.8, 4) is 0 Å². The topological polar surface area (TPSA) is 46.6 Å². The summed E-state index contributed by atoms with van der Waals surface area (Å²) in [5.41, 5.74) is 0. The minimum absolute atomic E-state index is 0.450. The van der Waals surface area contributed by atoms with Gasteiger partial charge in [-0.3, -0.25) is 9.69 Å².